The maximum atomic E-state index is 12.9. The van der Waals surface area contributed by atoms with E-state index in [2.05, 4.69) is 21.3 Å². The van der Waals surface area contributed by atoms with Crippen LogP contribution in [0.1, 0.15) is 48.4 Å². The molecule has 0 aliphatic heterocycles. The molecule has 4 aromatic rings. The van der Waals surface area contributed by atoms with Gasteiger partial charge in [-0.2, -0.15) is 0 Å². The van der Waals surface area contributed by atoms with E-state index < -0.39 is 5.91 Å². The highest BCUT2D eigenvalue weighted by Gasteiger charge is 2.13. The van der Waals surface area contributed by atoms with Crippen LogP contribution >= 0.6 is 0 Å². The predicted octanol–water partition coefficient (Wildman–Crippen LogP) is 5.69. The minimum absolute atomic E-state index is 0.131. The molecule has 0 aliphatic rings. The lowest BCUT2D eigenvalue weighted by Crippen LogP contribution is -2.16. The fourth-order valence-corrected chi connectivity index (χ4v) is 3.72. The molecule has 0 aliphatic carbocycles. The largest absolute Gasteiger partial charge is 0.388 e. The lowest BCUT2D eigenvalue weighted by molar-refractivity contribution is 0.100. The molecule has 4 N–H and O–H groups in total. The molecule has 3 amide bonds. The maximum Gasteiger partial charge on any atom is 0.255 e. The summed E-state index contributed by atoms with van der Waals surface area (Å²) in [5.41, 5.74) is 3.85. The lowest BCUT2D eigenvalue weighted by Gasteiger charge is -2.11. The fourth-order valence-electron chi connectivity index (χ4n) is 3.72. The summed E-state index contributed by atoms with van der Waals surface area (Å²) in [6, 6.07) is 26.8. The van der Waals surface area contributed by atoms with Gasteiger partial charge in [0.15, 0.2) is 5.78 Å². The number of hydrogen-bond acceptors (Lipinski definition) is 5. The second-order valence-electron chi connectivity index (χ2n) is 8.49. The van der Waals surface area contributed by atoms with Crippen molar-refractivity contribution in [1.82, 2.24) is 0 Å². The molecule has 190 valence electrons. The molecule has 0 unspecified atom stereocenters. The highest BCUT2D eigenvalue weighted by atomic mass is 16.2. The fraction of sp³-hybridized carbons (Fsp3) is 0.0667. The maximum absolute atomic E-state index is 12.9. The van der Waals surface area contributed by atoms with Crippen molar-refractivity contribution in [3.63, 3.8) is 0 Å². The molecule has 0 fully saturated rings. The summed E-state index contributed by atoms with van der Waals surface area (Å²) in [7, 11) is 1.79. The average Bonchev–Trinajstić information content (AvgIpc) is 2.93. The number of carbonyl (C=O) groups is 4. The Morgan fingerprint density at radius 2 is 0.816 bits per heavy atom. The molecular formula is C30H26N4O4. The van der Waals surface area contributed by atoms with E-state index in [0.717, 1.165) is 5.69 Å². The third-order valence-corrected chi connectivity index (χ3v) is 5.71. The Morgan fingerprint density at radius 3 is 1.24 bits per heavy atom. The normalized spacial score (nSPS) is 10.3. The van der Waals surface area contributed by atoms with Crippen LogP contribution in [-0.4, -0.2) is 30.6 Å². The second kappa shape index (κ2) is 11.7. The number of carbonyl (C=O) groups excluding carboxylic acids is 4. The van der Waals surface area contributed by atoms with Crippen molar-refractivity contribution in [2.24, 2.45) is 0 Å². The topological polar surface area (TPSA) is 116 Å². The SMILES string of the molecule is CNc1cccc(NC(=O)c2cccc(C(=O)Nc3cccc(NC(=O)c4cccc(C(C)=O)c4)c3)c2)c1. The minimum Gasteiger partial charge on any atom is -0.388 e. The van der Waals surface area contributed by atoms with Crippen molar-refractivity contribution in [2.45, 2.75) is 6.92 Å². The van der Waals surface area contributed by atoms with E-state index >= 15 is 0 Å². The minimum atomic E-state index is -0.408. The molecular weight excluding hydrogens is 480 g/mol. The van der Waals surface area contributed by atoms with Gasteiger partial charge in [0, 0.05) is 52.1 Å². The number of nitrogens with one attached hydrogen (secondary N) is 4. The molecule has 0 bridgehead atoms. The van der Waals surface area contributed by atoms with E-state index in [1.165, 1.54) is 19.1 Å². The number of anilines is 4. The number of rotatable bonds is 8. The molecule has 8 heteroatoms. The van der Waals surface area contributed by atoms with Gasteiger partial charge in [0.1, 0.15) is 0 Å². The van der Waals surface area contributed by atoms with Crippen molar-refractivity contribution in [3.05, 3.63) is 119 Å². The molecule has 4 aromatic carbocycles. The van der Waals surface area contributed by atoms with E-state index in [1.807, 2.05) is 12.1 Å². The molecule has 0 aromatic heterocycles. The van der Waals surface area contributed by atoms with Gasteiger partial charge in [-0.15, -0.1) is 0 Å². The Labute approximate surface area is 220 Å². The average molecular weight is 507 g/mol. The van der Waals surface area contributed by atoms with Crippen molar-refractivity contribution in [1.29, 1.82) is 0 Å². The Kier molecular flexibility index (Phi) is 7.93. The van der Waals surface area contributed by atoms with Crippen LogP contribution in [0, 0.1) is 0 Å². The van der Waals surface area contributed by atoms with Gasteiger partial charge in [-0.25, -0.2) is 0 Å². The molecule has 38 heavy (non-hydrogen) atoms. The Morgan fingerprint density at radius 1 is 0.474 bits per heavy atom. The van der Waals surface area contributed by atoms with E-state index in [-0.39, 0.29) is 17.6 Å². The summed E-state index contributed by atoms with van der Waals surface area (Å²) in [4.78, 5) is 49.9. The zero-order valence-electron chi connectivity index (χ0n) is 20.9. The first-order chi connectivity index (χ1) is 18.3. The van der Waals surface area contributed by atoms with Crippen molar-refractivity contribution >= 4 is 46.3 Å². The predicted molar refractivity (Wildman–Crippen MR) is 149 cm³/mol. The van der Waals surface area contributed by atoms with Crippen molar-refractivity contribution < 1.29 is 19.2 Å². The number of benzene rings is 4. The van der Waals surface area contributed by atoms with Crippen LogP contribution in [0.4, 0.5) is 22.7 Å². The highest BCUT2D eigenvalue weighted by Crippen LogP contribution is 2.19. The van der Waals surface area contributed by atoms with Gasteiger partial charge in [0.2, 0.25) is 0 Å². The first kappa shape index (κ1) is 25.8. The Bertz CT molecular complexity index is 1530. The van der Waals surface area contributed by atoms with Crippen molar-refractivity contribution in [2.75, 3.05) is 28.3 Å². The summed E-state index contributed by atoms with van der Waals surface area (Å²) >= 11 is 0. The van der Waals surface area contributed by atoms with Crippen LogP contribution in [0.3, 0.4) is 0 Å². The van der Waals surface area contributed by atoms with Crippen LogP contribution in [0.25, 0.3) is 0 Å². The Balaban J connectivity index is 1.43. The quantitative estimate of drug-likeness (QED) is 0.229. The van der Waals surface area contributed by atoms with Gasteiger partial charge in [-0.05, 0) is 73.7 Å². The monoisotopic (exact) mass is 506 g/mol. The summed E-state index contributed by atoms with van der Waals surface area (Å²) in [6.07, 6.45) is 0. The summed E-state index contributed by atoms with van der Waals surface area (Å²) < 4.78 is 0. The van der Waals surface area contributed by atoms with Gasteiger partial charge < -0.3 is 21.3 Å². The number of amides is 3. The lowest BCUT2D eigenvalue weighted by atomic mass is 10.1. The summed E-state index contributed by atoms with van der Waals surface area (Å²) in [5.74, 6) is -1.26. The molecule has 8 nitrogen and oxygen atoms in total. The molecule has 0 atom stereocenters. The van der Waals surface area contributed by atoms with Gasteiger partial charge >= 0.3 is 0 Å². The van der Waals surface area contributed by atoms with Crippen LogP contribution in [0.15, 0.2) is 97.1 Å². The number of ketones is 1. The van der Waals surface area contributed by atoms with Gasteiger partial charge in [0.05, 0.1) is 0 Å². The third kappa shape index (κ3) is 6.50. The molecule has 0 saturated carbocycles. The Hall–Kier alpha value is -5.24. The van der Waals surface area contributed by atoms with E-state index in [9.17, 15) is 19.2 Å². The summed E-state index contributed by atoms with van der Waals surface area (Å²) in [5, 5.41) is 11.4. The number of Topliss-reactive ketones (excluding diaryl/α,β-unsaturated/α-hetero) is 1. The van der Waals surface area contributed by atoms with Gasteiger partial charge in [-0.1, -0.05) is 30.3 Å². The molecule has 0 heterocycles. The van der Waals surface area contributed by atoms with E-state index in [4.69, 9.17) is 0 Å². The zero-order valence-corrected chi connectivity index (χ0v) is 20.9. The number of hydrogen-bond donors (Lipinski definition) is 4. The second-order valence-corrected chi connectivity index (χ2v) is 8.49. The molecule has 0 radical (unpaired) electrons. The smallest absolute Gasteiger partial charge is 0.255 e. The molecule has 0 spiro atoms. The van der Waals surface area contributed by atoms with Gasteiger partial charge in [0.25, 0.3) is 17.7 Å². The first-order valence-electron chi connectivity index (χ1n) is 11.9. The molecule has 0 saturated heterocycles. The zero-order chi connectivity index (χ0) is 27.1. The van der Waals surface area contributed by atoms with Crippen LogP contribution < -0.4 is 21.3 Å². The van der Waals surface area contributed by atoms with E-state index in [1.54, 1.807) is 79.8 Å². The summed E-state index contributed by atoms with van der Waals surface area (Å²) in [6.45, 7) is 1.44. The van der Waals surface area contributed by atoms with Gasteiger partial charge in [-0.3, -0.25) is 19.2 Å². The van der Waals surface area contributed by atoms with Crippen LogP contribution in [0.2, 0.25) is 0 Å². The highest BCUT2D eigenvalue weighted by molar-refractivity contribution is 6.09. The van der Waals surface area contributed by atoms with Crippen LogP contribution in [0.5, 0.6) is 0 Å². The first-order valence-corrected chi connectivity index (χ1v) is 11.9. The molecule has 4 rings (SSSR count). The standard InChI is InChI=1S/C30H26N4O4/c1-19(35)20-7-3-8-21(15-20)28(36)33-26-13-6-14-27(18-26)34-30(38)23-10-4-9-22(16-23)29(37)32-25-12-5-11-24(17-25)31-2/h3-18,31H,1-2H3,(H,32,37)(H,33,36)(H,34,38). The van der Waals surface area contributed by atoms with Crippen LogP contribution in [-0.2, 0) is 0 Å². The third-order valence-electron chi connectivity index (χ3n) is 5.71. The van der Waals surface area contributed by atoms with Crippen molar-refractivity contribution in [3.8, 4) is 0 Å². The van der Waals surface area contributed by atoms with E-state index in [0.29, 0.717) is 39.3 Å².